The Hall–Kier alpha value is -2.90. The van der Waals surface area contributed by atoms with Crippen LogP contribution in [0.5, 0.6) is 0 Å². The monoisotopic (exact) mass is 274 g/mol. The molecular weight excluding hydrogens is 260 g/mol. The largest absolute Gasteiger partial charge is 0.388 e. The van der Waals surface area contributed by atoms with Crippen LogP contribution in [-0.4, -0.2) is 13.1 Å². The Morgan fingerprint density at radius 3 is 2.52 bits per heavy atom. The number of fused-ring (bicyclic) bond motifs is 1. The summed E-state index contributed by atoms with van der Waals surface area (Å²) in [5, 5.41) is 5.49. The molecule has 0 atom stereocenters. The van der Waals surface area contributed by atoms with Gasteiger partial charge >= 0.3 is 0 Å². The van der Waals surface area contributed by atoms with Crippen molar-refractivity contribution in [3.63, 3.8) is 0 Å². The van der Waals surface area contributed by atoms with Gasteiger partial charge in [0.25, 0.3) is 0 Å². The van der Waals surface area contributed by atoms with Gasteiger partial charge in [-0.2, -0.15) is 4.99 Å². The van der Waals surface area contributed by atoms with Crippen molar-refractivity contribution in [1.29, 1.82) is 0 Å². The molecule has 3 nitrogen and oxygen atoms in total. The normalized spacial score (nSPS) is 10.1. The Kier molecular flexibility index (Phi) is 3.50. The van der Waals surface area contributed by atoms with Crippen LogP contribution in [0.25, 0.3) is 21.9 Å². The zero-order chi connectivity index (χ0) is 14.7. The summed E-state index contributed by atoms with van der Waals surface area (Å²) in [7, 11) is 1.89. The van der Waals surface area contributed by atoms with Gasteiger partial charge in [-0.1, -0.05) is 48.5 Å². The van der Waals surface area contributed by atoms with E-state index in [0.717, 1.165) is 27.6 Å². The van der Waals surface area contributed by atoms with Gasteiger partial charge in [0.05, 0.1) is 5.69 Å². The maximum Gasteiger partial charge on any atom is 0.240 e. The molecule has 0 saturated carbocycles. The molecule has 3 aromatic carbocycles. The molecule has 1 N–H and O–H groups in total. The second-order valence-electron chi connectivity index (χ2n) is 4.68. The van der Waals surface area contributed by atoms with E-state index in [1.165, 1.54) is 0 Å². The lowest BCUT2D eigenvalue weighted by Gasteiger charge is -2.14. The molecule has 0 unspecified atom stereocenters. The van der Waals surface area contributed by atoms with Crippen LogP contribution in [-0.2, 0) is 4.79 Å². The Morgan fingerprint density at radius 2 is 1.71 bits per heavy atom. The Bertz CT molecular complexity index is 849. The molecule has 0 saturated heterocycles. The Balaban J connectivity index is 2.41. The molecule has 0 bridgehead atoms. The molecule has 0 aliphatic carbocycles. The van der Waals surface area contributed by atoms with Crippen molar-refractivity contribution in [3.05, 3.63) is 60.7 Å². The van der Waals surface area contributed by atoms with Gasteiger partial charge in [-0.15, -0.1) is 0 Å². The number of nitrogens with one attached hydrogen (secondary N) is 1. The standard InChI is InChI=1S/C18H14N2O/c1-19-17-11-10-13-6-2-3-7-14(13)18(17)15-8-4-5-9-16(15)20-12-21/h2-11,19H,1H3. The molecule has 3 heteroatoms. The van der Waals surface area contributed by atoms with E-state index in [0.29, 0.717) is 5.69 Å². The average Bonchev–Trinajstić information content (AvgIpc) is 2.55. The zero-order valence-electron chi connectivity index (χ0n) is 11.6. The van der Waals surface area contributed by atoms with Gasteiger partial charge in [-0.3, -0.25) is 0 Å². The number of rotatable bonds is 3. The number of hydrogen-bond donors (Lipinski definition) is 1. The Labute approximate surface area is 123 Å². The van der Waals surface area contributed by atoms with E-state index in [2.05, 4.69) is 28.5 Å². The van der Waals surface area contributed by atoms with Gasteiger partial charge < -0.3 is 5.32 Å². The lowest BCUT2D eigenvalue weighted by molar-refractivity contribution is 0.565. The van der Waals surface area contributed by atoms with E-state index in [-0.39, 0.29) is 0 Å². The molecule has 0 amide bonds. The van der Waals surface area contributed by atoms with Crippen molar-refractivity contribution in [2.45, 2.75) is 0 Å². The number of hydrogen-bond acceptors (Lipinski definition) is 3. The first-order valence-corrected chi connectivity index (χ1v) is 6.72. The summed E-state index contributed by atoms with van der Waals surface area (Å²) < 4.78 is 0. The SMILES string of the molecule is CNc1ccc2ccccc2c1-c1ccccc1N=C=O. The summed E-state index contributed by atoms with van der Waals surface area (Å²) in [5.41, 5.74) is 3.59. The van der Waals surface area contributed by atoms with Crippen LogP contribution in [0.1, 0.15) is 0 Å². The molecule has 0 spiro atoms. The first-order chi connectivity index (χ1) is 10.3. The first kappa shape index (κ1) is 13.1. The third kappa shape index (κ3) is 2.31. The molecule has 102 valence electrons. The number of aliphatic imine (C=N–C) groups is 1. The van der Waals surface area contributed by atoms with Gasteiger partial charge in [0.15, 0.2) is 0 Å². The van der Waals surface area contributed by atoms with Crippen LogP contribution < -0.4 is 5.32 Å². The predicted molar refractivity (Wildman–Crippen MR) is 86.7 cm³/mol. The third-order valence-electron chi connectivity index (χ3n) is 3.54. The lowest BCUT2D eigenvalue weighted by atomic mass is 9.95. The van der Waals surface area contributed by atoms with E-state index >= 15 is 0 Å². The van der Waals surface area contributed by atoms with Crippen LogP contribution in [0, 0.1) is 0 Å². The van der Waals surface area contributed by atoms with E-state index < -0.39 is 0 Å². The fraction of sp³-hybridized carbons (Fsp3) is 0.0556. The number of carbonyl (C=O) groups excluding carboxylic acids is 1. The number of para-hydroxylation sites is 1. The summed E-state index contributed by atoms with van der Waals surface area (Å²) in [6, 6.07) is 19.9. The molecular formula is C18H14N2O. The van der Waals surface area contributed by atoms with Gasteiger partial charge in [-0.05, 0) is 22.9 Å². The molecule has 0 fully saturated rings. The molecule has 0 aliphatic heterocycles. The molecule has 3 aromatic rings. The summed E-state index contributed by atoms with van der Waals surface area (Å²) in [5.74, 6) is 0. The highest BCUT2D eigenvalue weighted by Crippen LogP contribution is 2.39. The van der Waals surface area contributed by atoms with E-state index in [1.807, 2.05) is 49.5 Å². The van der Waals surface area contributed by atoms with Crippen molar-refractivity contribution in [2.24, 2.45) is 4.99 Å². The second kappa shape index (κ2) is 5.61. The number of benzene rings is 3. The Morgan fingerprint density at radius 1 is 0.952 bits per heavy atom. The molecule has 0 radical (unpaired) electrons. The van der Waals surface area contributed by atoms with E-state index in [4.69, 9.17) is 0 Å². The highest BCUT2D eigenvalue weighted by Gasteiger charge is 2.12. The maximum absolute atomic E-state index is 10.7. The van der Waals surface area contributed by atoms with Crippen molar-refractivity contribution in [3.8, 4) is 11.1 Å². The highest BCUT2D eigenvalue weighted by atomic mass is 16.1. The quantitative estimate of drug-likeness (QED) is 0.563. The summed E-state index contributed by atoms with van der Waals surface area (Å²) in [6.07, 6.45) is 1.63. The van der Waals surface area contributed by atoms with Crippen molar-refractivity contribution in [2.75, 3.05) is 12.4 Å². The molecule has 3 rings (SSSR count). The maximum atomic E-state index is 10.7. The number of anilines is 1. The third-order valence-corrected chi connectivity index (χ3v) is 3.54. The smallest absolute Gasteiger partial charge is 0.240 e. The number of isocyanates is 1. The lowest BCUT2D eigenvalue weighted by Crippen LogP contribution is -1.93. The van der Waals surface area contributed by atoms with Crippen LogP contribution >= 0.6 is 0 Å². The fourth-order valence-corrected chi connectivity index (χ4v) is 2.60. The molecule has 0 aromatic heterocycles. The minimum Gasteiger partial charge on any atom is -0.388 e. The minimum atomic E-state index is 0.625. The number of nitrogens with zero attached hydrogens (tertiary/aromatic N) is 1. The van der Waals surface area contributed by atoms with Crippen LogP contribution in [0.4, 0.5) is 11.4 Å². The van der Waals surface area contributed by atoms with Crippen molar-refractivity contribution < 1.29 is 4.79 Å². The predicted octanol–water partition coefficient (Wildman–Crippen LogP) is 4.52. The van der Waals surface area contributed by atoms with Crippen LogP contribution in [0.3, 0.4) is 0 Å². The van der Waals surface area contributed by atoms with E-state index in [9.17, 15) is 4.79 Å². The van der Waals surface area contributed by atoms with Crippen LogP contribution in [0.2, 0.25) is 0 Å². The highest BCUT2D eigenvalue weighted by molar-refractivity contribution is 6.05. The van der Waals surface area contributed by atoms with Gasteiger partial charge in [0, 0.05) is 23.9 Å². The van der Waals surface area contributed by atoms with Crippen molar-refractivity contribution in [1.82, 2.24) is 0 Å². The van der Waals surface area contributed by atoms with Crippen LogP contribution in [0.15, 0.2) is 65.7 Å². The minimum absolute atomic E-state index is 0.625. The summed E-state index contributed by atoms with van der Waals surface area (Å²) in [6.45, 7) is 0. The van der Waals surface area contributed by atoms with Gasteiger partial charge in [0.1, 0.15) is 0 Å². The first-order valence-electron chi connectivity index (χ1n) is 6.72. The zero-order valence-corrected chi connectivity index (χ0v) is 11.6. The summed E-state index contributed by atoms with van der Waals surface area (Å²) >= 11 is 0. The molecule has 0 aliphatic rings. The van der Waals surface area contributed by atoms with Crippen molar-refractivity contribution >= 4 is 28.2 Å². The second-order valence-corrected chi connectivity index (χ2v) is 4.68. The molecule has 21 heavy (non-hydrogen) atoms. The molecule has 0 heterocycles. The van der Waals surface area contributed by atoms with E-state index in [1.54, 1.807) is 6.08 Å². The average molecular weight is 274 g/mol. The summed E-state index contributed by atoms with van der Waals surface area (Å²) in [4.78, 5) is 14.5. The van der Waals surface area contributed by atoms with Gasteiger partial charge in [-0.25, -0.2) is 4.79 Å². The van der Waals surface area contributed by atoms with Gasteiger partial charge in [0.2, 0.25) is 6.08 Å². The fourth-order valence-electron chi connectivity index (χ4n) is 2.60. The topological polar surface area (TPSA) is 41.5 Å².